The van der Waals surface area contributed by atoms with E-state index < -0.39 is 0 Å². The Hall–Kier alpha value is -5.10. The Bertz CT molecular complexity index is 1680. The number of carbonyl (C=O) groups is 2. The molecule has 4 aromatic carbocycles. The van der Waals surface area contributed by atoms with Gasteiger partial charge in [0.1, 0.15) is 12.3 Å². The third-order valence-corrected chi connectivity index (χ3v) is 7.77. The van der Waals surface area contributed by atoms with E-state index in [1.54, 1.807) is 12.0 Å². The molecule has 0 aliphatic carbocycles. The lowest BCUT2D eigenvalue weighted by atomic mass is 10.0. The molecular weight excluding hydrogens is 558 g/mol. The van der Waals surface area contributed by atoms with Gasteiger partial charge in [-0.25, -0.2) is 0 Å². The molecule has 6 nitrogen and oxygen atoms in total. The van der Waals surface area contributed by atoms with Crippen LogP contribution in [0.25, 0.3) is 11.1 Å². The summed E-state index contributed by atoms with van der Waals surface area (Å²) in [5, 5.41) is 0. The van der Waals surface area contributed by atoms with Gasteiger partial charge in [0, 0.05) is 37.1 Å². The van der Waals surface area contributed by atoms with E-state index in [9.17, 15) is 9.59 Å². The highest BCUT2D eigenvalue weighted by Gasteiger charge is 2.24. The number of hydrogen-bond donors (Lipinski definition) is 0. The van der Waals surface area contributed by atoms with Crippen LogP contribution in [0.15, 0.2) is 128 Å². The first-order valence-electron chi connectivity index (χ1n) is 15.4. The van der Waals surface area contributed by atoms with Crippen LogP contribution in [0.2, 0.25) is 0 Å². The highest BCUT2D eigenvalue weighted by atomic mass is 16.5. The Morgan fingerprint density at radius 2 is 1.38 bits per heavy atom. The largest absolute Gasteiger partial charge is 0.497 e. The minimum Gasteiger partial charge on any atom is -0.497 e. The molecule has 5 aromatic rings. The molecule has 0 radical (unpaired) electrons. The van der Waals surface area contributed by atoms with Crippen LogP contribution >= 0.6 is 0 Å². The lowest BCUT2D eigenvalue weighted by Gasteiger charge is -2.29. The molecule has 230 valence electrons. The van der Waals surface area contributed by atoms with Crippen molar-refractivity contribution in [3.8, 4) is 16.9 Å². The summed E-state index contributed by atoms with van der Waals surface area (Å²) < 4.78 is 7.57. The first-order chi connectivity index (χ1) is 21.9. The van der Waals surface area contributed by atoms with Gasteiger partial charge in [-0.15, -0.1) is 0 Å². The van der Waals surface area contributed by atoms with Crippen molar-refractivity contribution in [2.75, 3.05) is 20.2 Å². The number of methoxy groups -OCH3 is 1. The molecule has 1 aromatic heterocycles. The number of amides is 2. The molecule has 0 fully saturated rings. The van der Waals surface area contributed by atoms with Crippen LogP contribution in [0.4, 0.5) is 0 Å². The van der Waals surface area contributed by atoms with Crippen molar-refractivity contribution >= 4 is 11.8 Å². The maximum absolute atomic E-state index is 14.1. The van der Waals surface area contributed by atoms with E-state index in [-0.39, 0.29) is 24.3 Å². The highest BCUT2D eigenvalue weighted by molar-refractivity contribution is 5.97. The third-order valence-electron chi connectivity index (χ3n) is 7.77. The average Bonchev–Trinajstić information content (AvgIpc) is 3.50. The highest BCUT2D eigenvalue weighted by Crippen LogP contribution is 2.21. The molecule has 0 aliphatic heterocycles. The SMILES string of the molecule is COc1cccc(Cn2cccc2CN(Cc2ccccc2)C(=O)CN(CC(C)C)C(=O)c2ccc(-c3ccccc3)cc2)c1. The molecule has 0 N–H and O–H groups in total. The van der Waals surface area contributed by atoms with Crippen LogP contribution in [0, 0.1) is 5.92 Å². The first-order valence-corrected chi connectivity index (χ1v) is 15.4. The molecule has 1 heterocycles. The lowest BCUT2D eigenvalue weighted by molar-refractivity contribution is -0.133. The molecule has 2 amide bonds. The number of nitrogens with zero attached hydrogens (tertiary/aromatic N) is 3. The number of ether oxygens (including phenoxy) is 1. The molecular formula is C39H41N3O3. The van der Waals surface area contributed by atoms with Crippen molar-refractivity contribution in [1.82, 2.24) is 14.4 Å². The van der Waals surface area contributed by atoms with Gasteiger partial charge in [0.2, 0.25) is 5.91 Å². The summed E-state index contributed by atoms with van der Waals surface area (Å²) in [7, 11) is 1.67. The smallest absolute Gasteiger partial charge is 0.254 e. The minimum atomic E-state index is -0.141. The number of rotatable bonds is 13. The van der Waals surface area contributed by atoms with Gasteiger partial charge < -0.3 is 19.1 Å². The predicted octanol–water partition coefficient (Wildman–Crippen LogP) is 7.54. The van der Waals surface area contributed by atoms with E-state index in [0.717, 1.165) is 33.7 Å². The van der Waals surface area contributed by atoms with Gasteiger partial charge in [-0.05, 0) is 64.6 Å². The van der Waals surface area contributed by atoms with Crippen LogP contribution in [-0.4, -0.2) is 46.4 Å². The third kappa shape index (κ3) is 8.51. The maximum Gasteiger partial charge on any atom is 0.254 e. The maximum atomic E-state index is 14.1. The zero-order valence-electron chi connectivity index (χ0n) is 26.3. The van der Waals surface area contributed by atoms with Gasteiger partial charge in [-0.1, -0.05) is 98.8 Å². The van der Waals surface area contributed by atoms with Gasteiger partial charge in [0.25, 0.3) is 5.91 Å². The first kappa shape index (κ1) is 31.3. The Morgan fingerprint density at radius 3 is 2.07 bits per heavy atom. The quantitative estimate of drug-likeness (QED) is 0.141. The average molecular weight is 600 g/mol. The van der Waals surface area contributed by atoms with Crippen molar-refractivity contribution in [2.24, 2.45) is 5.92 Å². The number of hydrogen-bond acceptors (Lipinski definition) is 3. The van der Waals surface area contributed by atoms with Crippen molar-refractivity contribution < 1.29 is 14.3 Å². The van der Waals surface area contributed by atoms with E-state index in [4.69, 9.17) is 4.74 Å². The van der Waals surface area contributed by atoms with Crippen molar-refractivity contribution in [3.05, 3.63) is 150 Å². The van der Waals surface area contributed by atoms with E-state index in [1.165, 1.54) is 0 Å². The molecule has 0 saturated carbocycles. The fourth-order valence-corrected chi connectivity index (χ4v) is 5.49. The van der Waals surface area contributed by atoms with Crippen molar-refractivity contribution in [1.29, 1.82) is 0 Å². The molecule has 5 rings (SSSR count). The summed E-state index contributed by atoms with van der Waals surface area (Å²) in [6.45, 7) is 6.13. The van der Waals surface area contributed by atoms with Gasteiger partial charge in [0.15, 0.2) is 0 Å². The molecule has 0 bridgehead atoms. The summed E-state index contributed by atoms with van der Waals surface area (Å²) in [5.41, 5.74) is 5.88. The Morgan fingerprint density at radius 1 is 0.711 bits per heavy atom. The van der Waals surface area contributed by atoms with E-state index in [1.807, 2.05) is 108 Å². The van der Waals surface area contributed by atoms with E-state index in [2.05, 4.69) is 42.7 Å². The second-order valence-corrected chi connectivity index (χ2v) is 11.7. The van der Waals surface area contributed by atoms with E-state index in [0.29, 0.717) is 31.7 Å². The lowest BCUT2D eigenvalue weighted by Crippen LogP contribution is -2.44. The molecule has 6 heteroatoms. The van der Waals surface area contributed by atoms with Crippen LogP contribution in [0.5, 0.6) is 5.75 Å². The molecule has 0 aliphatic rings. The fourth-order valence-electron chi connectivity index (χ4n) is 5.49. The molecule has 45 heavy (non-hydrogen) atoms. The Kier molecular flexibility index (Phi) is 10.5. The topological polar surface area (TPSA) is 54.8 Å². The molecule has 0 saturated heterocycles. The zero-order chi connectivity index (χ0) is 31.6. The summed E-state index contributed by atoms with van der Waals surface area (Å²) >= 11 is 0. The van der Waals surface area contributed by atoms with Gasteiger partial charge in [-0.2, -0.15) is 0 Å². The van der Waals surface area contributed by atoms with Crippen LogP contribution < -0.4 is 4.74 Å². The molecule has 0 atom stereocenters. The Labute approximate surface area is 266 Å². The monoisotopic (exact) mass is 599 g/mol. The Balaban J connectivity index is 1.36. The summed E-state index contributed by atoms with van der Waals surface area (Å²) in [4.78, 5) is 31.5. The van der Waals surface area contributed by atoms with Crippen molar-refractivity contribution in [2.45, 2.75) is 33.5 Å². The van der Waals surface area contributed by atoms with Crippen LogP contribution in [0.3, 0.4) is 0 Å². The standard InChI is InChI=1S/C39H41N3O3/c1-30(2)25-42(39(44)35-21-19-34(20-22-35)33-15-8-5-9-16-33)29-38(43)41(26-31-12-6-4-7-13-31)28-36-17-11-23-40(36)27-32-14-10-18-37(24-32)45-3/h4-24,30H,25-29H2,1-3H3. The fraction of sp³-hybridized carbons (Fsp3) is 0.231. The van der Waals surface area contributed by atoms with Gasteiger partial charge >= 0.3 is 0 Å². The van der Waals surface area contributed by atoms with Gasteiger partial charge in [-0.3, -0.25) is 9.59 Å². The van der Waals surface area contributed by atoms with E-state index >= 15 is 0 Å². The number of carbonyl (C=O) groups excluding carboxylic acids is 2. The summed E-state index contributed by atoms with van der Waals surface area (Å²) in [5.74, 6) is 0.778. The second-order valence-electron chi connectivity index (χ2n) is 11.7. The summed E-state index contributed by atoms with van der Waals surface area (Å²) in [6.07, 6.45) is 2.04. The zero-order valence-corrected chi connectivity index (χ0v) is 26.3. The van der Waals surface area contributed by atoms with Gasteiger partial charge in [0.05, 0.1) is 13.7 Å². The second kappa shape index (κ2) is 15.1. The minimum absolute atomic E-state index is 0.000869. The molecule has 0 unspecified atom stereocenters. The number of benzene rings is 4. The van der Waals surface area contributed by atoms with Crippen LogP contribution in [0.1, 0.15) is 41.0 Å². The molecule has 0 spiro atoms. The predicted molar refractivity (Wildman–Crippen MR) is 180 cm³/mol. The normalized spacial score (nSPS) is 10.9. The van der Waals surface area contributed by atoms with Crippen molar-refractivity contribution in [3.63, 3.8) is 0 Å². The number of aromatic nitrogens is 1. The van der Waals surface area contributed by atoms with Crippen LogP contribution in [-0.2, 0) is 24.4 Å². The summed E-state index contributed by atoms with van der Waals surface area (Å²) in [6, 6.07) is 39.8.